The van der Waals surface area contributed by atoms with Gasteiger partial charge < -0.3 is 0 Å². The summed E-state index contributed by atoms with van der Waals surface area (Å²) in [5, 5.41) is 17.7. The molecule has 0 atom stereocenters. The molecule has 102 valence electrons. The summed E-state index contributed by atoms with van der Waals surface area (Å²) in [7, 11) is 0. The fraction of sp³-hybridized carbons (Fsp3) is 0. The number of hydrogen-bond acceptors (Lipinski definition) is 4. The van der Waals surface area contributed by atoms with E-state index in [1.54, 1.807) is 30.5 Å². The molecule has 0 saturated carbocycles. The summed E-state index contributed by atoms with van der Waals surface area (Å²) in [4.78, 5) is 8.83. The highest BCUT2D eigenvalue weighted by molar-refractivity contribution is 5.64. The molecule has 0 aliphatic carbocycles. The van der Waals surface area contributed by atoms with Crippen molar-refractivity contribution in [3.63, 3.8) is 0 Å². The predicted octanol–water partition coefficient (Wildman–Crippen LogP) is 3.55. The molecule has 0 unspecified atom stereocenters. The Kier molecular flexibility index (Phi) is 3.59. The first kappa shape index (κ1) is 13.5. The van der Waals surface area contributed by atoms with Gasteiger partial charge in [-0.25, -0.2) is 9.97 Å². The van der Waals surface area contributed by atoms with Crippen molar-refractivity contribution < 1.29 is 0 Å². The number of nitriles is 2. The molecule has 0 aliphatic heterocycles. The van der Waals surface area contributed by atoms with Crippen molar-refractivity contribution in [3.05, 3.63) is 71.9 Å². The fourth-order valence-corrected chi connectivity index (χ4v) is 2.07. The van der Waals surface area contributed by atoms with Gasteiger partial charge in [-0.3, -0.25) is 0 Å². The lowest BCUT2D eigenvalue weighted by molar-refractivity contribution is 1.18. The molecule has 0 bridgehead atoms. The zero-order chi connectivity index (χ0) is 15.4. The van der Waals surface area contributed by atoms with E-state index >= 15 is 0 Å². The van der Waals surface area contributed by atoms with Gasteiger partial charge in [0.1, 0.15) is 0 Å². The van der Waals surface area contributed by atoms with E-state index in [1.807, 2.05) is 30.3 Å². The Morgan fingerprint density at radius 3 is 1.77 bits per heavy atom. The van der Waals surface area contributed by atoms with Crippen molar-refractivity contribution in [1.29, 1.82) is 10.5 Å². The first-order valence-corrected chi connectivity index (χ1v) is 6.64. The van der Waals surface area contributed by atoms with E-state index < -0.39 is 0 Å². The summed E-state index contributed by atoms with van der Waals surface area (Å²) in [5.41, 5.74) is 3.79. The van der Waals surface area contributed by atoms with E-state index in [0.717, 1.165) is 16.8 Å². The quantitative estimate of drug-likeness (QED) is 0.720. The third kappa shape index (κ3) is 2.67. The normalized spacial score (nSPS) is 9.73. The molecule has 0 N–H and O–H groups in total. The smallest absolute Gasteiger partial charge is 0.159 e. The Labute approximate surface area is 127 Å². The first-order chi connectivity index (χ1) is 10.8. The van der Waals surface area contributed by atoms with Crippen molar-refractivity contribution >= 4 is 0 Å². The fourth-order valence-electron chi connectivity index (χ4n) is 2.07. The van der Waals surface area contributed by atoms with Crippen LogP contribution in [-0.2, 0) is 0 Å². The molecule has 22 heavy (non-hydrogen) atoms. The van der Waals surface area contributed by atoms with Crippen LogP contribution in [0.3, 0.4) is 0 Å². The molecule has 2 aromatic carbocycles. The van der Waals surface area contributed by atoms with E-state index in [-0.39, 0.29) is 0 Å². The highest BCUT2D eigenvalue weighted by atomic mass is 14.9. The minimum Gasteiger partial charge on any atom is -0.237 e. The van der Waals surface area contributed by atoms with Crippen LogP contribution in [0.25, 0.3) is 22.6 Å². The van der Waals surface area contributed by atoms with Crippen LogP contribution >= 0.6 is 0 Å². The molecule has 4 heteroatoms. The predicted molar refractivity (Wildman–Crippen MR) is 82.3 cm³/mol. The van der Waals surface area contributed by atoms with Crippen LogP contribution in [0.15, 0.2) is 60.8 Å². The Bertz CT molecular complexity index is 809. The molecular formula is C18H10N4. The van der Waals surface area contributed by atoms with Crippen LogP contribution in [0.2, 0.25) is 0 Å². The summed E-state index contributed by atoms with van der Waals surface area (Å²) in [6.45, 7) is 0. The lowest BCUT2D eigenvalue weighted by atomic mass is 10.1. The van der Waals surface area contributed by atoms with E-state index in [4.69, 9.17) is 10.5 Å². The zero-order valence-electron chi connectivity index (χ0n) is 11.6. The van der Waals surface area contributed by atoms with E-state index in [2.05, 4.69) is 22.1 Å². The number of rotatable bonds is 2. The second-order valence-electron chi connectivity index (χ2n) is 4.64. The molecule has 1 aromatic heterocycles. The van der Waals surface area contributed by atoms with E-state index in [0.29, 0.717) is 17.0 Å². The summed E-state index contributed by atoms with van der Waals surface area (Å²) in [5.74, 6) is 0.603. The van der Waals surface area contributed by atoms with Crippen LogP contribution in [-0.4, -0.2) is 9.97 Å². The van der Waals surface area contributed by atoms with E-state index in [1.165, 1.54) is 0 Å². The molecule has 0 radical (unpaired) electrons. The van der Waals surface area contributed by atoms with E-state index in [9.17, 15) is 0 Å². The van der Waals surface area contributed by atoms with Gasteiger partial charge in [0.2, 0.25) is 0 Å². The molecule has 0 fully saturated rings. The topological polar surface area (TPSA) is 73.4 Å². The van der Waals surface area contributed by atoms with Crippen LogP contribution < -0.4 is 0 Å². The molecule has 4 nitrogen and oxygen atoms in total. The minimum atomic E-state index is 0.603. The lowest BCUT2D eigenvalue weighted by Gasteiger charge is -2.04. The van der Waals surface area contributed by atoms with Gasteiger partial charge in [0, 0.05) is 17.3 Å². The van der Waals surface area contributed by atoms with Crippen molar-refractivity contribution in [2.24, 2.45) is 0 Å². The maximum Gasteiger partial charge on any atom is 0.159 e. The Morgan fingerprint density at radius 2 is 1.23 bits per heavy atom. The average Bonchev–Trinajstić information content (AvgIpc) is 2.62. The van der Waals surface area contributed by atoms with Crippen molar-refractivity contribution in [3.8, 4) is 34.8 Å². The molecule has 3 rings (SSSR count). The third-order valence-electron chi connectivity index (χ3n) is 3.24. The zero-order valence-corrected chi connectivity index (χ0v) is 11.6. The summed E-state index contributed by atoms with van der Waals surface area (Å²) < 4.78 is 0. The van der Waals surface area contributed by atoms with Crippen LogP contribution in [0, 0.1) is 22.7 Å². The Balaban J connectivity index is 1.98. The van der Waals surface area contributed by atoms with Gasteiger partial charge in [-0.15, -0.1) is 0 Å². The molecule has 0 saturated heterocycles. The van der Waals surface area contributed by atoms with Crippen LogP contribution in [0.1, 0.15) is 11.1 Å². The maximum absolute atomic E-state index is 8.84. The molecule has 0 amide bonds. The maximum atomic E-state index is 8.84. The van der Waals surface area contributed by atoms with Crippen molar-refractivity contribution in [2.75, 3.05) is 0 Å². The summed E-state index contributed by atoms with van der Waals surface area (Å²) >= 11 is 0. The number of aromatic nitrogens is 2. The van der Waals surface area contributed by atoms with Crippen LogP contribution in [0.5, 0.6) is 0 Å². The highest BCUT2D eigenvalue weighted by Gasteiger charge is 2.05. The SMILES string of the molecule is N#Cc1ccc(-c2ccnc(-c3ccc(C#N)cc3)n2)cc1. The van der Waals surface area contributed by atoms with Gasteiger partial charge in [-0.2, -0.15) is 10.5 Å². The summed E-state index contributed by atoms with van der Waals surface area (Å²) in [6, 6.07) is 20.4. The van der Waals surface area contributed by atoms with Gasteiger partial charge in [-0.05, 0) is 42.5 Å². The van der Waals surface area contributed by atoms with Crippen molar-refractivity contribution in [1.82, 2.24) is 9.97 Å². The Hall–Kier alpha value is -3.50. The first-order valence-electron chi connectivity index (χ1n) is 6.64. The standard InChI is InChI=1S/C18H10N4/c19-11-13-1-5-15(6-2-13)17-9-10-21-18(22-17)16-7-3-14(12-20)4-8-16/h1-10H. The molecule has 0 spiro atoms. The number of nitrogens with zero attached hydrogens (tertiary/aromatic N) is 4. The minimum absolute atomic E-state index is 0.603. The second kappa shape index (κ2) is 5.87. The molecule has 1 heterocycles. The highest BCUT2D eigenvalue weighted by Crippen LogP contribution is 2.21. The van der Waals surface area contributed by atoms with Crippen molar-refractivity contribution in [2.45, 2.75) is 0 Å². The number of hydrogen-bond donors (Lipinski definition) is 0. The average molecular weight is 282 g/mol. The van der Waals surface area contributed by atoms with Crippen LogP contribution in [0.4, 0.5) is 0 Å². The second-order valence-corrected chi connectivity index (χ2v) is 4.64. The summed E-state index contributed by atoms with van der Waals surface area (Å²) in [6.07, 6.45) is 1.70. The molecular weight excluding hydrogens is 272 g/mol. The van der Waals surface area contributed by atoms with Gasteiger partial charge in [0.15, 0.2) is 5.82 Å². The largest absolute Gasteiger partial charge is 0.237 e. The van der Waals surface area contributed by atoms with Gasteiger partial charge in [0.25, 0.3) is 0 Å². The van der Waals surface area contributed by atoms with Gasteiger partial charge in [0.05, 0.1) is 29.0 Å². The number of benzene rings is 2. The monoisotopic (exact) mass is 282 g/mol. The van der Waals surface area contributed by atoms with Gasteiger partial charge in [-0.1, -0.05) is 12.1 Å². The molecule has 0 aliphatic rings. The third-order valence-corrected chi connectivity index (χ3v) is 3.24. The molecule has 3 aromatic rings. The lowest BCUT2D eigenvalue weighted by Crippen LogP contribution is -1.91. The Morgan fingerprint density at radius 1 is 0.682 bits per heavy atom. The van der Waals surface area contributed by atoms with Gasteiger partial charge >= 0.3 is 0 Å².